The van der Waals surface area contributed by atoms with Crippen LogP contribution in [0.4, 0.5) is 14.6 Å². The Hall–Kier alpha value is -2.26. The van der Waals surface area contributed by atoms with Crippen molar-refractivity contribution in [3.8, 4) is 17.0 Å². The van der Waals surface area contributed by atoms with Gasteiger partial charge in [0.25, 0.3) is 0 Å². The number of hydrogen-bond acceptors (Lipinski definition) is 6. The van der Waals surface area contributed by atoms with Crippen LogP contribution in [0.25, 0.3) is 11.3 Å². The largest absolute Gasteiger partial charge is 0.431 e. The molecule has 1 saturated heterocycles. The van der Waals surface area contributed by atoms with Crippen LogP contribution in [0.5, 0.6) is 5.75 Å². The normalized spacial score (nSPS) is 23.8. The predicted molar refractivity (Wildman–Crippen MR) is 105 cm³/mol. The number of nitrogens with two attached hydrogens (primary N) is 1. The van der Waals surface area contributed by atoms with Crippen LogP contribution in [0, 0.1) is 11.8 Å². The fraction of sp³-hybridized carbons (Fsp3) is 0.600. The second-order valence-electron chi connectivity index (χ2n) is 8.08. The van der Waals surface area contributed by atoms with E-state index in [0.717, 1.165) is 26.2 Å². The Morgan fingerprint density at radius 3 is 2.59 bits per heavy atom. The summed E-state index contributed by atoms with van der Waals surface area (Å²) in [6.45, 7) is 5.11. The standard InChI is InChI=1S/C20H27F2N5O2/c1-11(2)27-16(18-13-9-26(4-5-28-3)10-14(13)18)7-15(25-27)12-6-17(29-20(21)22)19(23)24-8-12/h6-8,11,13-14,18,20H,4-5,9-10H2,1-3H3,(H2,23,24). The predicted octanol–water partition coefficient (Wildman–Crippen LogP) is 3.00. The number of ether oxygens (including phenoxy) is 2. The number of aromatic nitrogens is 3. The molecule has 0 radical (unpaired) electrons. The molecule has 0 amide bonds. The molecule has 2 atom stereocenters. The second-order valence-corrected chi connectivity index (χ2v) is 8.08. The summed E-state index contributed by atoms with van der Waals surface area (Å²) in [6, 6.07) is 3.73. The molecule has 29 heavy (non-hydrogen) atoms. The van der Waals surface area contributed by atoms with Crippen molar-refractivity contribution in [1.29, 1.82) is 0 Å². The molecular formula is C20H27F2N5O2. The number of halogens is 2. The maximum atomic E-state index is 12.6. The van der Waals surface area contributed by atoms with E-state index in [9.17, 15) is 8.78 Å². The minimum Gasteiger partial charge on any atom is -0.431 e. The minimum atomic E-state index is -2.95. The maximum Gasteiger partial charge on any atom is 0.387 e. The van der Waals surface area contributed by atoms with Crippen molar-refractivity contribution in [2.75, 3.05) is 39.1 Å². The van der Waals surface area contributed by atoms with Crippen LogP contribution < -0.4 is 10.5 Å². The highest BCUT2D eigenvalue weighted by Gasteiger charge is 2.57. The van der Waals surface area contributed by atoms with Crippen LogP contribution in [0.3, 0.4) is 0 Å². The van der Waals surface area contributed by atoms with Gasteiger partial charge in [-0.3, -0.25) is 4.68 Å². The molecule has 1 aliphatic heterocycles. The van der Waals surface area contributed by atoms with Crippen molar-refractivity contribution in [2.45, 2.75) is 32.4 Å². The van der Waals surface area contributed by atoms with Crippen LogP contribution in [0.2, 0.25) is 0 Å². The molecule has 2 aromatic heterocycles. The van der Waals surface area contributed by atoms with Crippen molar-refractivity contribution < 1.29 is 18.3 Å². The summed E-state index contributed by atoms with van der Waals surface area (Å²) in [6.07, 6.45) is 1.55. The lowest BCUT2D eigenvalue weighted by molar-refractivity contribution is -0.0494. The summed E-state index contributed by atoms with van der Waals surface area (Å²) >= 11 is 0. The number of methoxy groups -OCH3 is 1. The van der Waals surface area contributed by atoms with Crippen LogP contribution in [0.1, 0.15) is 31.5 Å². The first-order valence-electron chi connectivity index (χ1n) is 9.90. The number of nitrogen functional groups attached to an aromatic ring is 1. The van der Waals surface area contributed by atoms with E-state index >= 15 is 0 Å². The fourth-order valence-corrected chi connectivity index (χ4v) is 4.45. The van der Waals surface area contributed by atoms with Crippen LogP contribution in [-0.4, -0.2) is 59.6 Å². The third kappa shape index (κ3) is 3.93. The Bertz CT molecular complexity index is 861. The highest BCUT2D eigenvalue weighted by atomic mass is 19.3. The molecule has 2 unspecified atom stereocenters. The van der Waals surface area contributed by atoms with E-state index < -0.39 is 6.61 Å². The minimum absolute atomic E-state index is 0.0644. The van der Waals surface area contributed by atoms with Crippen molar-refractivity contribution >= 4 is 5.82 Å². The highest BCUT2D eigenvalue weighted by molar-refractivity contribution is 5.64. The first kappa shape index (κ1) is 20.0. The van der Waals surface area contributed by atoms with E-state index in [0.29, 0.717) is 29.0 Å². The molecule has 0 spiro atoms. The number of alkyl halides is 2. The summed E-state index contributed by atoms with van der Waals surface area (Å²) < 4.78 is 37.0. The Kier molecular flexibility index (Phi) is 5.44. The Morgan fingerprint density at radius 1 is 1.24 bits per heavy atom. The average Bonchev–Trinajstić information content (AvgIpc) is 3.03. The van der Waals surface area contributed by atoms with Crippen LogP contribution in [0.15, 0.2) is 18.3 Å². The van der Waals surface area contributed by atoms with Crippen LogP contribution in [-0.2, 0) is 4.74 Å². The molecule has 9 heteroatoms. The quantitative estimate of drug-likeness (QED) is 0.725. The van der Waals surface area contributed by atoms with E-state index in [2.05, 4.69) is 34.5 Å². The molecule has 158 valence electrons. The zero-order chi connectivity index (χ0) is 20.7. The molecule has 2 aromatic rings. The molecule has 1 aliphatic carbocycles. The van der Waals surface area contributed by atoms with Gasteiger partial charge in [-0.25, -0.2) is 4.98 Å². The van der Waals surface area contributed by atoms with Gasteiger partial charge >= 0.3 is 6.61 Å². The number of nitrogens with zero attached hydrogens (tertiary/aromatic N) is 4. The lowest BCUT2D eigenvalue weighted by atomic mass is 10.1. The van der Waals surface area contributed by atoms with Gasteiger partial charge in [-0.15, -0.1) is 0 Å². The van der Waals surface area contributed by atoms with Crippen molar-refractivity contribution in [3.63, 3.8) is 0 Å². The molecule has 3 heterocycles. The van der Waals surface area contributed by atoms with E-state index in [1.807, 2.05) is 4.68 Å². The monoisotopic (exact) mass is 407 g/mol. The number of likely N-dealkylation sites (tertiary alicyclic amines) is 1. The van der Waals surface area contributed by atoms with E-state index in [1.165, 1.54) is 11.8 Å². The molecule has 1 saturated carbocycles. The average molecular weight is 407 g/mol. The number of fused-ring (bicyclic) bond motifs is 1. The molecule has 2 aliphatic rings. The third-order valence-electron chi connectivity index (χ3n) is 5.87. The summed E-state index contributed by atoms with van der Waals surface area (Å²) in [5.41, 5.74) is 8.17. The summed E-state index contributed by atoms with van der Waals surface area (Å²) in [5, 5.41) is 4.75. The number of hydrogen-bond donors (Lipinski definition) is 1. The molecular weight excluding hydrogens is 380 g/mol. The molecule has 4 rings (SSSR count). The third-order valence-corrected chi connectivity index (χ3v) is 5.87. The topological polar surface area (TPSA) is 78.4 Å². The number of rotatable bonds is 8. The lowest BCUT2D eigenvalue weighted by Crippen LogP contribution is -2.28. The Balaban J connectivity index is 1.56. The zero-order valence-electron chi connectivity index (χ0n) is 16.9. The first-order chi connectivity index (χ1) is 13.9. The molecule has 0 aromatic carbocycles. The van der Waals surface area contributed by atoms with E-state index in [-0.39, 0.29) is 17.6 Å². The van der Waals surface area contributed by atoms with Gasteiger partial charge in [0, 0.05) is 56.2 Å². The van der Waals surface area contributed by atoms with E-state index in [4.69, 9.17) is 15.6 Å². The van der Waals surface area contributed by atoms with Gasteiger partial charge < -0.3 is 20.1 Å². The lowest BCUT2D eigenvalue weighted by Gasteiger charge is -2.19. The molecule has 0 bridgehead atoms. The number of pyridine rings is 1. The Morgan fingerprint density at radius 2 is 1.97 bits per heavy atom. The smallest absolute Gasteiger partial charge is 0.387 e. The molecule has 7 nitrogen and oxygen atoms in total. The second kappa shape index (κ2) is 7.87. The molecule has 2 fully saturated rings. The summed E-state index contributed by atoms with van der Waals surface area (Å²) in [5.74, 6) is 1.56. The molecule has 2 N–H and O–H groups in total. The van der Waals surface area contributed by atoms with Gasteiger partial charge in [0.05, 0.1) is 12.3 Å². The first-order valence-corrected chi connectivity index (χ1v) is 9.90. The van der Waals surface area contributed by atoms with Crippen molar-refractivity contribution in [1.82, 2.24) is 19.7 Å². The fourth-order valence-electron chi connectivity index (χ4n) is 4.45. The van der Waals surface area contributed by atoms with Gasteiger partial charge in [0.2, 0.25) is 0 Å². The zero-order valence-corrected chi connectivity index (χ0v) is 16.9. The summed E-state index contributed by atoms with van der Waals surface area (Å²) in [4.78, 5) is 6.45. The van der Waals surface area contributed by atoms with Gasteiger partial charge in [-0.1, -0.05) is 0 Å². The number of anilines is 1. The SMILES string of the molecule is COCCN1CC2C(C1)C2c1cc(-c2cnc(N)c(OC(F)F)c2)nn1C(C)C. The van der Waals surface area contributed by atoms with Gasteiger partial charge in [0.15, 0.2) is 11.6 Å². The van der Waals surface area contributed by atoms with E-state index in [1.54, 1.807) is 13.3 Å². The number of piperidine rings is 1. The highest BCUT2D eigenvalue weighted by Crippen LogP contribution is 2.58. The van der Waals surface area contributed by atoms with Gasteiger partial charge in [-0.2, -0.15) is 13.9 Å². The van der Waals surface area contributed by atoms with Gasteiger partial charge in [0.1, 0.15) is 0 Å². The maximum absolute atomic E-state index is 12.6. The van der Waals surface area contributed by atoms with Gasteiger partial charge in [-0.05, 0) is 37.8 Å². The van der Waals surface area contributed by atoms with Crippen molar-refractivity contribution in [3.05, 3.63) is 24.0 Å². The summed E-state index contributed by atoms with van der Waals surface area (Å²) in [7, 11) is 1.73. The Labute approximate surface area is 168 Å². The van der Waals surface area contributed by atoms with Crippen LogP contribution >= 0.6 is 0 Å². The van der Waals surface area contributed by atoms with Crippen molar-refractivity contribution in [2.24, 2.45) is 11.8 Å².